The number of aryl methyl sites for hydroxylation is 1. The number of anilines is 1. The fraction of sp³-hybridized carbons (Fsp3) is 0.231. The van der Waals surface area contributed by atoms with E-state index < -0.39 is 9.84 Å². The zero-order valence-electron chi connectivity index (χ0n) is 11.5. The molecule has 7 nitrogen and oxygen atoms in total. The molecule has 1 aromatic heterocycles. The molecule has 8 heteroatoms. The van der Waals surface area contributed by atoms with Crippen molar-refractivity contribution in [2.45, 2.75) is 11.8 Å². The Labute approximate surface area is 121 Å². The number of amides is 1. The second kappa shape index (κ2) is 5.96. The Balaban J connectivity index is 1.90. The lowest BCUT2D eigenvalue weighted by Gasteiger charge is -2.06. The molecular formula is C13H14N2O5S. The van der Waals surface area contributed by atoms with Crippen LogP contribution in [0.3, 0.4) is 0 Å². The third kappa shape index (κ3) is 4.32. The van der Waals surface area contributed by atoms with Crippen molar-refractivity contribution in [1.29, 1.82) is 0 Å². The monoisotopic (exact) mass is 310 g/mol. The Hall–Kier alpha value is -2.35. The lowest BCUT2D eigenvalue weighted by atomic mass is 10.3. The number of nitrogens with zero attached hydrogens (tertiary/aromatic N) is 1. The van der Waals surface area contributed by atoms with Crippen LogP contribution in [0.1, 0.15) is 5.76 Å². The molecule has 0 saturated heterocycles. The first-order chi connectivity index (χ1) is 9.84. The number of carbonyl (C=O) groups excluding carboxylic acids is 1. The van der Waals surface area contributed by atoms with Crippen molar-refractivity contribution >= 4 is 21.4 Å². The molecule has 1 N–H and O–H groups in total. The van der Waals surface area contributed by atoms with Gasteiger partial charge in [-0.25, -0.2) is 8.42 Å². The van der Waals surface area contributed by atoms with Gasteiger partial charge in [0.1, 0.15) is 5.76 Å². The van der Waals surface area contributed by atoms with Crippen molar-refractivity contribution < 1.29 is 22.5 Å². The molecule has 0 radical (unpaired) electrons. The molecule has 0 unspecified atom stereocenters. The van der Waals surface area contributed by atoms with Crippen LogP contribution in [0.4, 0.5) is 5.69 Å². The minimum absolute atomic E-state index is 0.190. The molecule has 2 aromatic rings. The minimum Gasteiger partial charge on any atom is -0.465 e. The molecule has 2 rings (SSSR count). The number of nitrogens with one attached hydrogen (secondary N) is 1. The minimum atomic E-state index is -3.25. The molecule has 112 valence electrons. The van der Waals surface area contributed by atoms with E-state index in [2.05, 4.69) is 10.5 Å². The highest BCUT2D eigenvalue weighted by molar-refractivity contribution is 7.90. The van der Waals surface area contributed by atoms with Gasteiger partial charge in [0.25, 0.3) is 11.8 Å². The molecule has 0 aliphatic rings. The van der Waals surface area contributed by atoms with Crippen LogP contribution in [0.5, 0.6) is 5.88 Å². The summed E-state index contributed by atoms with van der Waals surface area (Å²) in [5, 5.41) is 6.17. The summed E-state index contributed by atoms with van der Waals surface area (Å²) in [6.07, 6.45) is 1.12. The van der Waals surface area contributed by atoms with Gasteiger partial charge < -0.3 is 14.6 Å². The lowest BCUT2D eigenvalue weighted by Crippen LogP contribution is -2.20. The number of rotatable bonds is 5. The van der Waals surface area contributed by atoms with Crippen molar-refractivity contribution in [3.63, 3.8) is 0 Å². The number of sulfone groups is 1. The summed E-state index contributed by atoms with van der Waals surface area (Å²) in [4.78, 5) is 11.9. The summed E-state index contributed by atoms with van der Waals surface area (Å²) in [7, 11) is -3.25. The maximum absolute atomic E-state index is 11.7. The number of ether oxygens (including phenoxy) is 1. The predicted molar refractivity (Wildman–Crippen MR) is 74.9 cm³/mol. The van der Waals surface area contributed by atoms with Crippen LogP contribution in [-0.4, -0.2) is 32.3 Å². The predicted octanol–water partition coefficient (Wildman–Crippen LogP) is 1.40. The van der Waals surface area contributed by atoms with Gasteiger partial charge >= 0.3 is 0 Å². The van der Waals surface area contributed by atoms with Crippen molar-refractivity contribution in [2.75, 3.05) is 18.2 Å². The van der Waals surface area contributed by atoms with Crippen molar-refractivity contribution in [1.82, 2.24) is 5.16 Å². The van der Waals surface area contributed by atoms with E-state index >= 15 is 0 Å². The first-order valence-corrected chi connectivity index (χ1v) is 7.90. The van der Waals surface area contributed by atoms with Gasteiger partial charge in [-0.15, -0.1) is 0 Å². The van der Waals surface area contributed by atoms with Gasteiger partial charge in [-0.2, -0.15) is 0 Å². The molecule has 1 aromatic carbocycles. The summed E-state index contributed by atoms with van der Waals surface area (Å²) < 4.78 is 32.5. The largest absolute Gasteiger partial charge is 0.465 e. The smallest absolute Gasteiger partial charge is 0.262 e. The topological polar surface area (TPSA) is 98.5 Å². The van der Waals surface area contributed by atoms with Gasteiger partial charge in [-0.3, -0.25) is 4.79 Å². The first kappa shape index (κ1) is 15.0. The van der Waals surface area contributed by atoms with Gasteiger partial charge in [0.05, 0.1) is 4.90 Å². The molecule has 0 bridgehead atoms. The highest BCUT2D eigenvalue weighted by atomic mass is 32.2. The summed E-state index contributed by atoms with van der Waals surface area (Å²) in [5.74, 6) is 0.430. The normalized spacial score (nSPS) is 11.1. The van der Waals surface area contributed by atoms with E-state index in [0.717, 1.165) is 6.26 Å². The van der Waals surface area contributed by atoms with E-state index in [4.69, 9.17) is 9.26 Å². The maximum Gasteiger partial charge on any atom is 0.262 e. The molecule has 0 fully saturated rings. The van der Waals surface area contributed by atoms with E-state index in [1.807, 2.05) is 0 Å². The molecule has 1 heterocycles. The highest BCUT2D eigenvalue weighted by Gasteiger charge is 2.09. The van der Waals surface area contributed by atoms with Crippen LogP contribution in [-0.2, 0) is 14.6 Å². The third-order valence-corrected chi connectivity index (χ3v) is 3.65. The number of aromatic nitrogens is 1. The lowest BCUT2D eigenvalue weighted by molar-refractivity contribution is -0.118. The summed E-state index contributed by atoms with van der Waals surface area (Å²) >= 11 is 0. The standard InChI is InChI=1S/C13H14N2O5S/c1-9-7-13(15-20-9)19-8-12(16)14-10-3-5-11(6-4-10)21(2,17)18/h3-7H,8H2,1-2H3,(H,14,16). The molecule has 1 amide bonds. The van der Waals surface area contributed by atoms with Gasteiger partial charge in [-0.1, -0.05) is 0 Å². The first-order valence-electron chi connectivity index (χ1n) is 6.01. The Morgan fingerprint density at radius 3 is 2.52 bits per heavy atom. The second-order valence-electron chi connectivity index (χ2n) is 4.41. The SMILES string of the molecule is Cc1cc(OCC(=O)Nc2ccc(S(C)(=O)=O)cc2)no1. The van der Waals surface area contributed by atoms with Crippen molar-refractivity contribution in [3.05, 3.63) is 36.1 Å². The van der Waals surface area contributed by atoms with Crippen LogP contribution in [0.2, 0.25) is 0 Å². The van der Waals surface area contributed by atoms with E-state index in [0.29, 0.717) is 11.4 Å². The zero-order valence-corrected chi connectivity index (χ0v) is 12.3. The number of hydrogen-bond donors (Lipinski definition) is 1. The van der Waals surface area contributed by atoms with Crippen molar-refractivity contribution in [2.24, 2.45) is 0 Å². The Morgan fingerprint density at radius 1 is 1.33 bits per heavy atom. The maximum atomic E-state index is 11.7. The quantitative estimate of drug-likeness (QED) is 0.896. The zero-order chi connectivity index (χ0) is 15.5. The fourth-order valence-electron chi connectivity index (χ4n) is 1.53. The van der Waals surface area contributed by atoms with Gasteiger partial charge in [0, 0.05) is 18.0 Å². The molecule has 21 heavy (non-hydrogen) atoms. The summed E-state index contributed by atoms with van der Waals surface area (Å²) in [6, 6.07) is 7.43. The van der Waals surface area contributed by atoms with Gasteiger partial charge in [0.15, 0.2) is 16.4 Å². The number of hydrogen-bond acceptors (Lipinski definition) is 6. The number of benzene rings is 1. The summed E-state index contributed by atoms with van der Waals surface area (Å²) in [5.41, 5.74) is 0.479. The summed E-state index contributed by atoms with van der Waals surface area (Å²) in [6.45, 7) is 1.49. The average Bonchev–Trinajstić information content (AvgIpc) is 2.82. The Morgan fingerprint density at radius 2 is 2.00 bits per heavy atom. The van der Waals surface area contributed by atoms with Crippen LogP contribution in [0, 0.1) is 6.92 Å². The average molecular weight is 310 g/mol. The van der Waals surface area contributed by atoms with E-state index in [9.17, 15) is 13.2 Å². The van der Waals surface area contributed by atoms with E-state index in [1.165, 1.54) is 24.3 Å². The van der Waals surface area contributed by atoms with Crippen molar-refractivity contribution in [3.8, 4) is 5.88 Å². The third-order valence-electron chi connectivity index (χ3n) is 2.52. The van der Waals surface area contributed by atoms with Crippen LogP contribution >= 0.6 is 0 Å². The van der Waals surface area contributed by atoms with Gasteiger partial charge in [-0.05, 0) is 36.3 Å². The molecular weight excluding hydrogens is 296 g/mol. The Kier molecular flexibility index (Phi) is 4.27. The molecule has 0 aliphatic carbocycles. The van der Waals surface area contributed by atoms with E-state index in [1.54, 1.807) is 13.0 Å². The number of carbonyl (C=O) groups is 1. The second-order valence-corrected chi connectivity index (χ2v) is 6.42. The van der Waals surface area contributed by atoms with Gasteiger partial charge in [0.2, 0.25) is 0 Å². The van der Waals surface area contributed by atoms with E-state index in [-0.39, 0.29) is 23.3 Å². The molecule has 0 atom stereocenters. The van der Waals surface area contributed by atoms with Crippen LogP contribution in [0.15, 0.2) is 39.8 Å². The molecule has 0 saturated carbocycles. The Bertz CT molecular complexity index is 734. The van der Waals surface area contributed by atoms with Crippen LogP contribution < -0.4 is 10.1 Å². The molecule has 0 aliphatic heterocycles. The fourth-order valence-corrected chi connectivity index (χ4v) is 2.16. The molecule has 0 spiro atoms. The highest BCUT2D eigenvalue weighted by Crippen LogP contribution is 2.14. The van der Waals surface area contributed by atoms with Crippen LogP contribution in [0.25, 0.3) is 0 Å².